The van der Waals surface area contributed by atoms with E-state index in [9.17, 15) is 0 Å². The highest BCUT2D eigenvalue weighted by molar-refractivity contribution is 5.45. The van der Waals surface area contributed by atoms with E-state index in [0.29, 0.717) is 0 Å². The van der Waals surface area contributed by atoms with Gasteiger partial charge in [-0.05, 0) is 52.2 Å². The van der Waals surface area contributed by atoms with Gasteiger partial charge in [-0.2, -0.15) is 4.98 Å². The second-order valence-electron chi connectivity index (χ2n) is 6.83. The fourth-order valence-corrected chi connectivity index (χ4v) is 3.43. The third kappa shape index (κ3) is 5.31. The molecule has 3 heterocycles. The fourth-order valence-electron chi connectivity index (χ4n) is 3.43. The quantitative estimate of drug-likeness (QED) is 0.773. The zero-order chi connectivity index (χ0) is 16.6. The lowest BCUT2D eigenvalue weighted by Crippen LogP contribution is -2.37. The Labute approximate surface area is 145 Å². The highest BCUT2D eigenvalue weighted by atomic mass is 16.5. The van der Waals surface area contributed by atoms with E-state index in [1.165, 1.54) is 51.7 Å². The van der Waals surface area contributed by atoms with Gasteiger partial charge in [-0.15, -0.1) is 0 Å². The van der Waals surface area contributed by atoms with Crippen molar-refractivity contribution in [3.8, 4) is 0 Å². The molecule has 6 nitrogen and oxygen atoms in total. The van der Waals surface area contributed by atoms with Crippen LogP contribution in [0.25, 0.3) is 0 Å². The molecule has 0 aliphatic carbocycles. The normalized spacial score (nSPS) is 19.5. The molecule has 2 saturated heterocycles. The van der Waals surface area contributed by atoms with E-state index in [0.717, 1.165) is 50.3 Å². The lowest BCUT2D eigenvalue weighted by Gasteiger charge is -2.28. The summed E-state index contributed by atoms with van der Waals surface area (Å²) in [5, 5.41) is 3.40. The van der Waals surface area contributed by atoms with Gasteiger partial charge in [0.25, 0.3) is 0 Å². The molecule has 1 N–H and O–H groups in total. The summed E-state index contributed by atoms with van der Waals surface area (Å²) in [6.07, 6.45) is 6.57. The van der Waals surface area contributed by atoms with E-state index < -0.39 is 0 Å². The van der Waals surface area contributed by atoms with Crippen molar-refractivity contribution in [1.29, 1.82) is 0 Å². The second-order valence-corrected chi connectivity index (χ2v) is 6.83. The van der Waals surface area contributed by atoms with Crippen LogP contribution in [0.5, 0.6) is 0 Å². The third-order valence-corrected chi connectivity index (χ3v) is 4.81. The number of aryl methyl sites for hydroxylation is 1. The number of nitrogens with zero attached hydrogens (tertiary/aromatic N) is 4. The lowest BCUT2D eigenvalue weighted by atomic mass is 10.1. The Bertz CT molecular complexity index is 498. The summed E-state index contributed by atoms with van der Waals surface area (Å²) in [5.74, 6) is 1.77. The van der Waals surface area contributed by atoms with Gasteiger partial charge in [0.1, 0.15) is 5.82 Å². The summed E-state index contributed by atoms with van der Waals surface area (Å²) < 4.78 is 5.42. The average Bonchev–Trinajstić information content (AvgIpc) is 2.63. The van der Waals surface area contributed by atoms with Crippen LogP contribution in [0.2, 0.25) is 0 Å². The first kappa shape index (κ1) is 17.4. The lowest BCUT2D eigenvalue weighted by molar-refractivity contribution is 0.122. The van der Waals surface area contributed by atoms with Crippen LogP contribution in [0.4, 0.5) is 11.8 Å². The van der Waals surface area contributed by atoms with Gasteiger partial charge in [-0.1, -0.05) is 6.42 Å². The first-order valence-electron chi connectivity index (χ1n) is 9.46. The summed E-state index contributed by atoms with van der Waals surface area (Å²) >= 11 is 0. The van der Waals surface area contributed by atoms with E-state index in [1.807, 2.05) is 6.92 Å². The Hall–Kier alpha value is -1.40. The van der Waals surface area contributed by atoms with E-state index in [-0.39, 0.29) is 0 Å². The Kier molecular flexibility index (Phi) is 6.66. The average molecular weight is 333 g/mol. The number of aromatic nitrogens is 2. The zero-order valence-corrected chi connectivity index (χ0v) is 15.0. The maximum atomic E-state index is 5.42. The number of piperidine rings is 1. The smallest absolute Gasteiger partial charge is 0.224 e. The van der Waals surface area contributed by atoms with Crippen molar-refractivity contribution < 1.29 is 4.74 Å². The Morgan fingerprint density at radius 2 is 1.83 bits per heavy atom. The van der Waals surface area contributed by atoms with Crippen molar-refractivity contribution in [3.63, 3.8) is 0 Å². The molecule has 3 rings (SSSR count). The van der Waals surface area contributed by atoms with Crippen molar-refractivity contribution in [1.82, 2.24) is 14.9 Å². The monoisotopic (exact) mass is 333 g/mol. The van der Waals surface area contributed by atoms with Gasteiger partial charge in [-0.3, -0.25) is 0 Å². The van der Waals surface area contributed by atoms with Crippen LogP contribution >= 0.6 is 0 Å². The summed E-state index contributed by atoms with van der Waals surface area (Å²) in [7, 11) is 0. The molecule has 0 amide bonds. The largest absolute Gasteiger partial charge is 0.378 e. The van der Waals surface area contributed by atoms with Crippen molar-refractivity contribution >= 4 is 11.8 Å². The maximum absolute atomic E-state index is 5.42. The molecule has 6 heteroatoms. The zero-order valence-electron chi connectivity index (χ0n) is 15.0. The Morgan fingerprint density at radius 1 is 1.04 bits per heavy atom. The molecule has 1 aromatic rings. The molecule has 0 unspecified atom stereocenters. The molecule has 0 atom stereocenters. The Balaban J connectivity index is 1.42. The minimum absolute atomic E-state index is 0.759. The number of rotatable bonds is 7. The van der Waals surface area contributed by atoms with Crippen LogP contribution in [-0.2, 0) is 4.74 Å². The van der Waals surface area contributed by atoms with Gasteiger partial charge in [0.05, 0.1) is 13.2 Å². The van der Waals surface area contributed by atoms with Crippen molar-refractivity contribution in [2.75, 3.05) is 62.7 Å². The Morgan fingerprint density at radius 3 is 2.62 bits per heavy atom. The molecule has 134 valence electrons. The molecule has 24 heavy (non-hydrogen) atoms. The standard InChI is InChI=1S/C18H31N5O/c1-16-15-17(23-11-13-24-14-12-23)21-18(20-16)19-7-3-6-10-22-8-4-2-5-9-22/h15H,2-14H2,1H3,(H,19,20,21). The number of likely N-dealkylation sites (tertiary alicyclic amines) is 1. The molecular weight excluding hydrogens is 302 g/mol. The van der Waals surface area contributed by atoms with Crippen LogP contribution in [0, 0.1) is 6.92 Å². The summed E-state index contributed by atoms with van der Waals surface area (Å²) in [5.41, 5.74) is 1.02. The van der Waals surface area contributed by atoms with Gasteiger partial charge in [0, 0.05) is 31.4 Å². The highest BCUT2D eigenvalue weighted by Gasteiger charge is 2.14. The van der Waals surface area contributed by atoms with Crippen molar-refractivity contribution in [2.45, 2.75) is 39.0 Å². The van der Waals surface area contributed by atoms with Gasteiger partial charge < -0.3 is 19.9 Å². The molecule has 2 fully saturated rings. The first-order chi connectivity index (χ1) is 11.8. The van der Waals surface area contributed by atoms with Crippen LogP contribution < -0.4 is 10.2 Å². The minimum atomic E-state index is 0.759. The molecule has 0 saturated carbocycles. The topological polar surface area (TPSA) is 53.5 Å². The van der Waals surface area contributed by atoms with E-state index in [2.05, 4.69) is 31.2 Å². The molecule has 1 aromatic heterocycles. The minimum Gasteiger partial charge on any atom is -0.378 e. The fraction of sp³-hybridized carbons (Fsp3) is 0.778. The molecule has 0 bridgehead atoms. The second kappa shape index (κ2) is 9.18. The van der Waals surface area contributed by atoms with E-state index in [4.69, 9.17) is 4.74 Å². The first-order valence-corrected chi connectivity index (χ1v) is 9.46. The molecule has 0 aromatic carbocycles. The number of unbranched alkanes of at least 4 members (excludes halogenated alkanes) is 1. The third-order valence-electron chi connectivity index (χ3n) is 4.81. The molecule has 0 radical (unpaired) electrons. The molecule has 2 aliphatic heterocycles. The number of ether oxygens (including phenoxy) is 1. The van der Waals surface area contributed by atoms with E-state index in [1.54, 1.807) is 0 Å². The van der Waals surface area contributed by atoms with Crippen LogP contribution in [0.1, 0.15) is 37.8 Å². The van der Waals surface area contributed by atoms with Gasteiger partial charge in [0.15, 0.2) is 0 Å². The number of nitrogens with one attached hydrogen (secondary N) is 1. The predicted octanol–water partition coefficient (Wildman–Crippen LogP) is 2.30. The van der Waals surface area contributed by atoms with E-state index >= 15 is 0 Å². The maximum Gasteiger partial charge on any atom is 0.224 e. The predicted molar refractivity (Wildman–Crippen MR) is 97.8 cm³/mol. The summed E-state index contributed by atoms with van der Waals surface area (Å²) in [6.45, 7) is 10.2. The number of morpholine rings is 1. The summed E-state index contributed by atoms with van der Waals surface area (Å²) in [6, 6.07) is 2.06. The molecule has 0 spiro atoms. The summed E-state index contributed by atoms with van der Waals surface area (Å²) in [4.78, 5) is 14.1. The van der Waals surface area contributed by atoms with Crippen LogP contribution in [0.3, 0.4) is 0 Å². The number of hydrogen-bond acceptors (Lipinski definition) is 6. The van der Waals surface area contributed by atoms with Crippen molar-refractivity contribution in [3.05, 3.63) is 11.8 Å². The molecule has 2 aliphatic rings. The van der Waals surface area contributed by atoms with Crippen molar-refractivity contribution in [2.24, 2.45) is 0 Å². The van der Waals surface area contributed by atoms with Gasteiger partial charge >= 0.3 is 0 Å². The van der Waals surface area contributed by atoms with Crippen LogP contribution in [0.15, 0.2) is 6.07 Å². The number of hydrogen-bond donors (Lipinski definition) is 1. The number of anilines is 2. The van der Waals surface area contributed by atoms with Gasteiger partial charge in [0.2, 0.25) is 5.95 Å². The SMILES string of the molecule is Cc1cc(N2CCOCC2)nc(NCCCCN2CCCCC2)n1. The van der Waals surface area contributed by atoms with Gasteiger partial charge in [-0.25, -0.2) is 4.98 Å². The van der Waals surface area contributed by atoms with Crippen LogP contribution in [-0.4, -0.2) is 67.4 Å². The highest BCUT2D eigenvalue weighted by Crippen LogP contribution is 2.16. The molecular formula is C18H31N5O.